The molecule has 1 amide bonds. The van der Waals surface area contributed by atoms with E-state index in [4.69, 9.17) is 0 Å². The SMILES string of the molecule is CC(C)S(=O)(=O)CC(=O)N1CCC(Cc2ccccc2C(=O)O)CC1. The number of carbonyl (C=O) groups is 2. The van der Waals surface area contributed by atoms with Crippen molar-refractivity contribution in [2.75, 3.05) is 18.8 Å². The zero-order valence-electron chi connectivity index (χ0n) is 14.6. The second-order valence-corrected chi connectivity index (χ2v) is 9.40. The summed E-state index contributed by atoms with van der Waals surface area (Å²) in [5, 5.41) is 8.70. The Bertz CT molecular complexity index is 734. The number of hydrogen-bond donors (Lipinski definition) is 1. The Kier molecular flexibility index (Phi) is 6.21. The van der Waals surface area contributed by atoms with E-state index in [0.29, 0.717) is 31.0 Å². The predicted octanol–water partition coefficient (Wildman–Crippen LogP) is 1.99. The lowest BCUT2D eigenvalue weighted by Gasteiger charge is -2.32. The number of amides is 1. The first-order valence-electron chi connectivity index (χ1n) is 8.51. The van der Waals surface area contributed by atoms with Gasteiger partial charge in [0.2, 0.25) is 5.91 Å². The number of carbonyl (C=O) groups excluding carboxylic acids is 1. The largest absolute Gasteiger partial charge is 0.478 e. The van der Waals surface area contributed by atoms with Crippen molar-refractivity contribution in [3.05, 3.63) is 35.4 Å². The third kappa shape index (κ3) is 5.04. The van der Waals surface area contributed by atoms with E-state index in [2.05, 4.69) is 0 Å². The van der Waals surface area contributed by atoms with Gasteiger partial charge >= 0.3 is 5.97 Å². The third-order valence-electron chi connectivity index (χ3n) is 4.77. The quantitative estimate of drug-likeness (QED) is 0.830. The minimum atomic E-state index is -3.38. The van der Waals surface area contributed by atoms with Crippen LogP contribution in [0.2, 0.25) is 0 Å². The van der Waals surface area contributed by atoms with Gasteiger partial charge in [0.15, 0.2) is 9.84 Å². The summed E-state index contributed by atoms with van der Waals surface area (Å²) >= 11 is 0. The van der Waals surface area contributed by atoms with Crippen molar-refractivity contribution in [1.29, 1.82) is 0 Å². The van der Waals surface area contributed by atoms with E-state index < -0.39 is 26.8 Å². The van der Waals surface area contributed by atoms with Gasteiger partial charge in [-0.05, 0) is 50.7 Å². The highest BCUT2D eigenvalue weighted by atomic mass is 32.2. The highest BCUT2D eigenvalue weighted by Gasteiger charge is 2.28. The molecule has 1 aliphatic heterocycles. The molecule has 0 aliphatic carbocycles. The molecule has 0 atom stereocenters. The van der Waals surface area contributed by atoms with E-state index >= 15 is 0 Å². The Morgan fingerprint density at radius 1 is 1.20 bits per heavy atom. The number of nitrogens with zero attached hydrogens (tertiary/aromatic N) is 1. The summed E-state index contributed by atoms with van der Waals surface area (Å²) in [4.78, 5) is 25.1. The predicted molar refractivity (Wildman–Crippen MR) is 95.3 cm³/mol. The molecule has 2 rings (SSSR count). The van der Waals surface area contributed by atoms with Crippen molar-refractivity contribution in [3.63, 3.8) is 0 Å². The van der Waals surface area contributed by atoms with Gasteiger partial charge in [-0.15, -0.1) is 0 Å². The maximum absolute atomic E-state index is 12.2. The first-order chi connectivity index (χ1) is 11.7. The molecule has 25 heavy (non-hydrogen) atoms. The van der Waals surface area contributed by atoms with Gasteiger partial charge in [0.1, 0.15) is 5.75 Å². The smallest absolute Gasteiger partial charge is 0.335 e. The van der Waals surface area contributed by atoms with Gasteiger partial charge in [0, 0.05) is 13.1 Å². The van der Waals surface area contributed by atoms with Crippen LogP contribution in [0.3, 0.4) is 0 Å². The summed E-state index contributed by atoms with van der Waals surface area (Å²) in [6.45, 7) is 4.20. The number of piperidine rings is 1. The molecule has 1 aliphatic rings. The summed E-state index contributed by atoms with van der Waals surface area (Å²) in [6, 6.07) is 6.98. The Morgan fingerprint density at radius 3 is 2.36 bits per heavy atom. The molecule has 7 heteroatoms. The summed E-state index contributed by atoms with van der Waals surface area (Å²) in [6.07, 6.45) is 2.16. The monoisotopic (exact) mass is 367 g/mol. The summed E-state index contributed by atoms with van der Waals surface area (Å²) < 4.78 is 23.8. The Hall–Kier alpha value is -1.89. The number of benzene rings is 1. The van der Waals surface area contributed by atoms with Crippen molar-refractivity contribution >= 4 is 21.7 Å². The van der Waals surface area contributed by atoms with Crippen LogP contribution in [0, 0.1) is 5.92 Å². The van der Waals surface area contributed by atoms with Crippen LogP contribution in [0.25, 0.3) is 0 Å². The molecule has 1 saturated heterocycles. The molecule has 0 unspecified atom stereocenters. The molecule has 6 nitrogen and oxygen atoms in total. The molecule has 138 valence electrons. The highest BCUT2D eigenvalue weighted by Crippen LogP contribution is 2.24. The van der Waals surface area contributed by atoms with Gasteiger partial charge in [-0.2, -0.15) is 0 Å². The first-order valence-corrected chi connectivity index (χ1v) is 10.2. The van der Waals surface area contributed by atoms with E-state index in [-0.39, 0.29) is 5.91 Å². The number of sulfone groups is 1. The normalized spacial score (nSPS) is 16.2. The minimum absolute atomic E-state index is 0.297. The fraction of sp³-hybridized carbons (Fsp3) is 0.556. The Morgan fingerprint density at radius 2 is 1.80 bits per heavy atom. The maximum atomic E-state index is 12.2. The van der Waals surface area contributed by atoms with Gasteiger partial charge in [-0.25, -0.2) is 13.2 Å². The topological polar surface area (TPSA) is 91.8 Å². The molecule has 0 bridgehead atoms. The fourth-order valence-corrected chi connectivity index (χ4v) is 3.89. The molecule has 0 spiro atoms. The average molecular weight is 367 g/mol. The Balaban J connectivity index is 1.92. The number of hydrogen-bond acceptors (Lipinski definition) is 4. The number of aromatic carboxylic acids is 1. The summed E-state index contributed by atoms with van der Waals surface area (Å²) in [5.74, 6) is -1.40. The van der Waals surface area contributed by atoms with Crippen LogP contribution in [0.1, 0.15) is 42.6 Å². The van der Waals surface area contributed by atoms with Gasteiger partial charge in [-0.3, -0.25) is 4.79 Å². The van der Waals surface area contributed by atoms with Crippen molar-refractivity contribution in [3.8, 4) is 0 Å². The van der Waals surface area contributed by atoms with Gasteiger partial charge in [-0.1, -0.05) is 18.2 Å². The molecule has 1 heterocycles. The van der Waals surface area contributed by atoms with Crippen LogP contribution < -0.4 is 0 Å². The Labute approximate surface area is 148 Å². The summed E-state index contributed by atoms with van der Waals surface area (Å²) in [5.41, 5.74) is 1.13. The third-order valence-corrected chi connectivity index (χ3v) is 6.85. The average Bonchev–Trinajstić information content (AvgIpc) is 2.55. The number of carboxylic acid groups (broad SMARTS) is 1. The first kappa shape index (κ1) is 19.4. The minimum Gasteiger partial charge on any atom is -0.478 e. The lowest BCUT2D eigenvalue weighted by molar-refractivity contribution is -0.129. The van der Waals surface area contributed by atoms with Crippen molar-refractivity contribution in [2.45, 2.75) is 38.4 Å². The molecule has 1 aromatic carbocycles. The second-order valence-electron chi connectivity index (χ2n) is 6.85. The van der Waals surface area contributed by atoms with E-state index in [0.717, 1.165) is 18.4 Å². The molecule has 1 aromatic rings. The van der Waals surface area contributed by atoms with Crippen LogP contribution in [-0.4, -0.2) is 54.4 Å². The van der Waals surface area contributed by atoms with Gasteiger partial charge in [0.25, 0.3) is 0 Å². The zero-order valence-corrected chi connectivity index (χ0v) is 15.5. The van der Waals surface area contributed by atoms with Gasteiger partial charge < -0.3 is 10.0 Å². The van der Waals surface area contributed by atoms with E-state index in [9.17, 15) is 23.1 Å². The highest BCUT2D eigenvalue weighted by molar-refractivity contribution is 7.92. The second kappa shape index (κ2) is 7.99. The molecular weight excluding hydrogens is 342 g/mol. The van der Waals surface area contributed by atoms with Crippen molar-refractivity contribution in [2.24, 2.45) is 5.92 Å². The molecule has 0 radical (unpaired) electrons. The van der Waals surface area contributed by atoms with Crippen LogP contribution >= 0.6 is 0 Å². The van der Waals surface area contributed by atoms with Crippen molar-refractivity contribution < 1.29 is 23.1 Å². The molecule has 1 fully saturated rings. The van der Waals surface area contributed by atoms with Gasteiger partial charge in [0.05, 0.1) is 10.8 Å². The van der Waals surface area contributed by atoms with Crippen LogP contribution in [0.5, 0.6) is 0 Å². The molecule has 0 saturated carbocycles. The maximum Gasteiger partial charge on any atom is 0.335 e. The van der Waals surface area contributed by atoms with Crippen LogP contribution in [-0.2, 0) is 21.1 Å². The van der Waals surface area contributed by atoms with E-state index in [1.807, 2.05) is 12.1 Å². The number of rotatable bonds is 6. The van der Waals surface area contributed by atoms with Crippen LogP contribution in [0.15, 0.2) is 24.3 Å². The van der Waals surface area contributed by atoms with E-state index in [1.54, 1.807) is 30.9 Å². The standard InChI is InChI=1S/C18H25NO5S/c1-13(2)25(23,24)12-17(20)19-9-7-14(8-10-19)11-15-5-3-4-6-16(15)18(21)22/h3-6,13-14H,7-12H2,1-2H3,(H,21,22). The number of likely N-dealkylation sites (tertiary alicyclic amines) is 1. The van der Waals surface area contributed by atoms with Crippen LogP contribution in [0.4, 0.5) is 0 Å². The fourth-order valence-electron chi connectivity index (χ4n) is 3.03. The lowest BCUT2D eigenvalue weighted by atomic mass is 9.88. The van der Waals surface area contributed by atoms with E-state index in [1.165, 1.54) is 0 Å². The summed E-state index contributed by atoms with van der Waals surface area (Å²) in [7, 11) is -3.38. The molecule has 1 N–H and O–H groups in total. The molecular formula is C18H25NO5S. The van der Waals surface area contributed by atoms with Crippen molar-refractivity contribution in [1.82, 2.24) is 4.90 Å². The zero-order chi connectivity index (χ0) is 18.6. The number of carboxylic acids is 1. The lowest BCUT2D eigenvalue weighted by Crippen LogP contribution is -2.42. The molecule has 0 aromatic heterocycles.